The molecule has 1 saturated carbocycles. The van der Waals surface area contributed by atoms with Crippen molar-refractivity contribution in [2.45, 2.75) is 114 Å². The molecule has 1 unspecified atom stereocenters. The molecule has 1 aliphatic carbocycles. The molecule has 20 heteroatoms. The molecule has 15 nitrogen and oxygen atoms in total. The number of aryl methyl sites for hydroxylation is 1. The number of benzene rings is 4. The first-order valence-electron chi connectivity index (χ1n) is 26.4. The highest BCUT2D eigenvalue weighted by molar-refractivity contribution is 6.34. The van der Waals surface area contributed by atoms with Gasteiger partial charge in [-0.2, -0.15) is 5.10 Å². The number of aromatic nitrogens is 2. The molecule has 0 radical (unpaired) electrons. The summed E-state index contributed by atoms with van der Waals surface area (Å²) in [6.07, 6.45) is 6.37. The lowest BCUT2D eigenvalue weighted by molar-refractivity contribution is -0.141. The van der Waals surface area contributed by atoms with Crippen LogP contribution in [0, 0.1) is 29.2 Å². The lowest BCUT2D eigenvalue weighted by Crippen LogP contribution is -2.54. The number of hydrogen-bond acceptors (Lipinski definition) is 10. The summed E-state index contributed by atoms with van der Waals surface area (Å²) < 4.78 is 78.4. The molecule has 5 aliphatic rings. The van der Waals surface area contributed by atoms with Gasteiger partial charge in [-0.25, -0.2) is 22.4 Å². The molecule has 5 aromatic rings. The zero-order chi connectivity index (χ0) is 53.7. The van der Waals surface area contributed by atoms with E-state index in [2.05, 4.69) is 32.5 Å². The molecule has 76 heavy (non-hydrogen) atoms. The van der Waals surface area contributed by atoms with Gasteiger partial charge in [0.15, 0.2) is 28.8 Å². The first-order chi connectivity index (χ1) is 36.5. The van der Waals surface area contributed by atoms with Gasteiger partial charge in [0.05, 0.1) is 22.6 Å². The predicted molar refractivity (Wildman–Crippen MR) is 277 cm³/mol. The molecule has 4 aliphatic heterocycles. The van der Waals surface area contributed by atoms with Crippen LogP contribution in [0.5, 0.6) is 11.5 Å². The molecular weight excluding hydrogens is 1010 g/mol. The molecule has 5 heterocycles. The summed E-state index contributed by atoms with van der Waals surface area (Å²) in [6, 6.07) is 14.0. The molecule has 10 rings (SSSR count). The lowest BCUT2D eigenvalue weighted by Gasteiger charge is -2.46. The maximum absolute atomic E-state index is 16.5. The number of carbonyl (C=O) groups excluding carboxylic acids is 4. The number of piperidine rings is 2. The summed E-state index contributed by atoms with van der Waals surface area (Å²) in [5.41, 5.74) is 5.29. The highest BCUT2D eigenvalue weighted by Crippen LogP contribution is 2.57. The van der Waals surface area contributed by atoms with Crippen LogP contribution in [-0.2, 0) is 22.2 Å². The number of anilines is 1. The fourth-order valence-corrected chi connectivity index (χ4v) is 13.1. The Morgan fingerprint density at radius 3 is 2.36 bits per heavy atom. The molecule has 1 aromatic heterocycles. The van der Waals surface area contributed by atoms with Crippen LogP contribution >= 0.6 is 11.6 Å². The van der Waals surface area contributed by atoms with E-state index in [9.17, 15) is 24.3 Å². The van der Waals surface area contributed by atoms with Crippen LogP contribution < -0.4 is 30.7 Å². The van der Waals surface area contributed by atoms with E-state index >= 15 is 17.6 Å². The van der Waals surface area contributed by atoms with E-state index in [1.54, 1.807) is 7.05 Å². The summed E-state index contributed by atoms with van der Waals surface area (Å²) in [7, 11) is 1.56. The first-order valence-corrected chi connectivity index (χ1v) is 26.8. The number of hydrogen-bond donors (Lipinski definition) is 4. The third-order valence-electron chi connectivity index (χ3n) is 16.9. The second-order valence-electron chi connectivity index (χ2n) is 21.0. The fraction of sp³-hybridized carbons (Fsp3) is 0.482. The largest absolute Gasteiger partial charge is 0.488 e. The average Bonchev–Trinajstić information content (AvgIpc) is 4.05. The molecule has 0 spiro atoms. The minimum atomic E-state index is -1.14. The Kier molecular flexibility index (Phi) is 15.1. The second kappa shape index (κ2) is 21.6. The number of ether oxygens (including phenoxy) is 2. The van der Waals surface area contributed by atoms with Crippen LogP contribution in [0.25, 0.3) is 22.0 Å². The predicted octanol–water partition coefficient (Wildman–Crippen LogP) is 8.56. The van der Waals surface area contributed by atoms with Crippen molar-refractivity contribution in [3.8, 4) is 22.6 Å². The van der Waals surface area contributed by atoms with Crippen molar-refractivity contribution >= 4 is 52.1 Å². The van der Waals surface area contributed by atoms with Gasteiger partial charge in [-0.15, -0.1) is 0 Å². The van der Waals surface area contributed by atoms with Gasteiger partial charge in [0.25, 0.3) is 0 Å². The monoisotopic (exact) mass is 1070 g/mol. The van der Waals surface area contributed by atoms with Crippen LogP contribution in [0.3, 0.4) is 0 Å². The van der Waals surface area contributed by atoms with Gasteiger partial charge in [-0.3, -0.25) is 29.3 Å². The minimum Gasteiger partial charge on any atom is -0.488 e. The van der Waals surface area contributed by atoms with E-state index in [0.29, 0.717) is 50.9 Å². The Labute approximate surface area is 443 Å². The summed E-state index contributed by atoms with van der Waals surface area (Å²) in [4.78, 5) is 57.3. The van der Waals surface area contributed by atoms with Crippen molar-refractivity contribution in [3.63, 3.8) is 0 Å². The average molecular weight is 1070 g/mol. The van der Waals surface area contributed by atoms with Gasteiger partial charge in [-0.1, -0.05) is 55.8 Å². The Hall–Kier alpha value is -6.28. The van der Waals surface area contributed by atoms with Crippen molar-refractivity contribution in [1.29, 1.82) is 0 Å². The van der Waals surface area contributed by atoms with Gasteiger partial charge in [0.1, 0.15) is 29.5 Å². The maximum Gasteiger partial charge on any atom is 0.329 e. The molecule has 404 valence electrons. The van der Waals surface area contributed by atoms with Crippen molar-refractivity contribution in [1.82, 2.24) is 30.2 Å². The highest BCUT2D eigenvalue weighted by atomic mass is 35.5. The molecule has 5 amide bonds. The summed E-state index contributed by atoms with van der Waals surface area (Å²) in [6.45, 7) is 5.63. The number of nitrogens with zero attached hydrogens (tertiary/aromatic N) is 5. The van der Waals surface area contributed by atoms with Crippen molar-refractivity contribution < 1.29 is 51.3 Å². The van der Waals surface area contributed by atoms with E-state index in [1.807, 2.05) is 37.3 Å². The minimum absolute atomic E-state index is 0.0140. The zero-order valence-electron chi connectivity index (χ0n) is 42.8. The number of nitrogens with two attached hydrogens (primary N) is 1. The molecule has 4 fully saturated rings. The molecule has 4 aromatic carbocycles. The number of amides is 5. The summed E-state index contributed by atoms with van der Waals surface area (Å²) >= 11 is 6.73. The molecular formula is C56H63ClF4N8O7. The van der Waals surface area contributed by atoms with Crippen LogP contribution in [0.2, 0.25) is 5.02 Å². The summed E-state index contributed by atoms with van der Waals surface area (Å²) in [5.74, 6) is -5.58. The number of primary amides is 1. The smallest absolute Gasteiger partial charge is 0.329 e. The number of halogens is 5. The van der Waals surface area contributed by atoms with Crippen LogP contribution in [-0.4, -0.2) is 113 Å². The van der Waals surface area contributed by atoms with E-state index in [1.165, 1.54) is 33.8 Å². The molecule has 4 atom stereocenters. The first kappa shape index (κ1) is 53.1. The zero-order valence-corrected chi connectivity index (χ0v) is 43.5. The van der Waals surface area contributed by atoms with Gasteiger partial charge in [0.2, 0.25) is 17.7 Å². The number of likely N-dealkylation sites (tertiary alicyclic amines) is 2. The van der Waals surface area contributed by atoms with Gasteiger partial charge >= 0.3 is 6.03 Å². The SMILES string of the molecule is CC[C@@H]1CC(N2CCC(c3c(F)cc4c(N5CCC(=O)NC5=O)nn(C)c4c3F)CC2)CCN1C(=O)C1CCC(NC[C@]2(c3ccccc3)Oc3cc(F)c(Cl)c(-c4c(C(N)=O)ccc(OCCO)c4F)c3[C@@H]2C)CC1. The Bertz CT molecular complexity index is 3080. The van der Waals surface area contributed by atoms with Crippen molar-refractivity contribution in [2.75, 3.05) is 50.8 Å². The van der Waals surface area contributed by atoms with Crippen LogP contribution in [0.4, 0.5) is 28.2 Å². The van der Waals surface area contributed by atoms with E-state index in [-0.39, 0.29) is 112 Å². The highest BCUT2D eigenvalue weighted by Gasteiger charge is 2.51. The third kappa shape index (κ3) is 9.54. The number of fused-ring (bicyclic) bond motifs is 2. The van der Waals surface area contributed by atoms with E-state index in [0.717, 1.165) is 37.7 Å². The number of carbonyl (C=O) groups is 4. The molecule has 3 saturated heterocycles. The number of imide groups is 1. The Morgan fingerprint density at radius 2 is 1.67 bits per heavy atom. The normalized spacial score (nSPS) is 24.4. The number of rotatable bonds is 14. The topological polar surface area (TPSA) is 185 Å². The van der Waals surface area contributed by atoms with Crippen molar-refractivity contribution in [3.05, 3.63) is 105 Å². The second-order valence-corrected chi connectivity index (χ2v) is 21.3. The molecule has 5 N–H and O–H groups in total. The van der Waals surface area contributed by atoms with E-state index in [4.69, 9.17) is 26.8 Å². The number of aliphatic hydroxyl groups is 1. The summed E-state index contributed by atoms with van der Waals surface area (Å²) in [5, 5.41) is 19.5. The van der Waals surface area contributed by atoms with Gasteiger partial charge in [-0.05, 0) is 101 Å². The van der Waals surface area contributed by atoms with E-state index < -0.39 is 64.3 Å². The Balaban J connectivity index is 0.778. The van der Waals surface area contributed by atoms with Crippen molar-refractivity contribution in [2.24, 2.45) is 18.7 Å². The van der Waals surface area contributed by atoms with Gasteiger partial charge in [0, 0.05) is 91.4 Å². The quantitative estimate of drug-likeness (QED) is 0.0786. The number of urea groups is 1. The number of aliphatic hydroxyl groups excluding tert-OH is 1. The maximum atomic E-state index is 16.5. The van der Waals surface area contributed by atoms with Gasteiger partial charge < -0.3 is 35.4 Å². The Morgan fingerprint density at radius 1 is 0.934 bits per heavy atom. The number of nitrogens with one attached hydrogen (secondary N) is 2. The lowest BCUT2D eigenvalue weighted by atomic mass is 9.77. The van der Waals surface area contributed by atoms with Crippen LogP contribution in [0.15, 0.2) is 54.6 Å². The molecule has 0 bridgehead atoms. The standard InChI is InChI=1S/C56H63ClF4N8O7/c1-4-35-26-36(67-20-16-31(17-21-67)45-39(58)27-38-51(50(45)61)66(3)65-53(38)69-23-19-43(71)64-55(69)74)18-22-68(35)54(73)32-10-12-34(13-11-32)63-29-56(33-8-6-5-7-9-33)30(2)44-42(76-56)28-40(59)48(57)47(44)46-37(52(62)72)14-15-41(49(46)60)75-25-24-70/h5-9,14-15,27-28,30-32,34-36,63,70H,4,10-13,16-26,29H2,1-3H3,(H2,62,72)(H,64,71,74)/t30-,32?,34?,35+,36?,56-/m0/s1. The van der Waals surface area contributed by atoms with Crippen LogP contribution in [0.1, 0.15) is 117 Å². The fourth-order valence-electron chi connectivity index (χ4n) is 12.9. The third-order valence-corrected chi connectivity index (χ3v) is 17.2.